The number of carboxylic acids is 1. The van der Waals surface area contributed by atoms with Crippen LogP contribution in [0.2, 0.25) is 0 Å². The van der Waals surface area contributed by atoms with Gasteiger partial charge < -0.3 is 25.2 Å². The quantitative estimate of drug-likeness (QED) is 0.539. The van der Waals surface area contributed by atoms with Crippen molar-refractivity contribution in [3.63, 3.8) is 0 Å². The number of alkyl carbamates (subject to hydrolysis) is 1. The number of carbonyl (C=O) groups excluding carboxylic acids is 2. The largest absolute Gasteiger partial charge is 0.480 e. The number of aliphatic carboxylic acids is 1. The summed E-state index contributed by atoms with van der Waals surface area (Å²) in [7, 11) is 1.36. The van der Waals surface area contributed by atoms with E-state index < -0.39 is 29.6 Å². The Hall–Kier alpha value is -3.39. The van der Waals surface area contributed by atoms with E-state index in [9.17, 15) is 19.5 Å². The van der Waals surface area contributed by atoms with Gasteiger partial charge in [-0.05, 0) is 47.9 Å². The van der Waals surface area contributed by atoms with Gasteiger partial charge in [-0.1, -0.05) is 48.5 Å². The normalized spacial score (nSPS) is 17.3. The van der Waals surface area contributed by atoms with Gasteiger partial charge in [0.15, 0.2) is 6.04 Å². The highest BCUT2D eigenvalue weighted by atomic mass is 16.5. The van der Waals surface area contributed by atoms with E-state index >= 15 is 0 Å². The van der Waals surface area contributed by atoms with Crippen molar-refractivity contribution < 1.29 is 29.0 Å². The molecule has 0 saturated heterocycles. The molecule has 3 N–H and O–H groups in total. The molecule has 2 unspecified atom stereocenters. The Bertz CT molecular complexity index is 1020. The lowest BCUT2D eigenvalue weighted by atomic mass is 9.94. The van der Waals surface area contributed by atoms with Crippen LogP contribution in [0.5, 0.6) is 0 Å². The van der Waals surface area contributed by atoms with Gasteiger partial charge >= 0.3 is 12.1 Å². The second-order valence-electron chi connectivity index (χ2n) is 8.75. The molecule has 8 nitrogen and oxygen atoms in total. The Labute approximate surface area is 192 Å². The summed E-state index contributed by atoms with van der Waals surface area (Å²) >= 11 is 0. The topological polar surface area (TPSA) is 114 Å². The number of hydrogen-bond acceptors (Lipinski definition) is 5. The number of benzene rings is 2. The smallest absolute Gasteiger partial charge is 0.408 e. The molecule has 2 atom stereocenters. The van der Waals surface area contributed by atoms with Crippen molar-refractivity contribution in [2.24, 2.45) is 5.92 Å². The van der Waals surface area contributed by atoms with Gasteiger partial charge in [-0.25, -0.2) is 9.59 Å². The highest BCUT2D eigenvalue weighted by molar-refractivity contribution is 5.93. The van der Waals surface area contributed by atoms with Crippen LogP contribution in [0.1, 0.15) is 36.8 Å². The first-order valence-electron chi connectivity index (χ1n) is 11.0. The third kappa shape index (κ3) is 4.57. The summed E-state index contributed by atoms with van der Waals surface area (Å²) in [5.74, 6) is -1.95. The highest BCUT2D eigenvalue weighted by Gasteiger charge is 2.49. The molecule has 174 valence electrons. The number of hydrogen-bond donors (Lipinski definition) is 3. The number of methoxy groups -OCH3 is 1. The third-order valence-electron chi connectivity index (χ3n) is 6.51. The molecule has 0 spiro atoms. The fourth-order valence-electron chi connectivity index (χ4n) is 4.50. The zero-order valence-electron chi connectivity index (χ0n) is 18.7. The van der Waals surface area contributed by atoms with Crippen LogP contribution in [0, 0.1) is 5.92 Å². The molecular formula is C25H28N2O6. The van der Waals surface area contributed by atoms with E-state index in [1.165, 1.54) is 7.11 Å². The van der Waals surface area contributed by atoms with Gasteiger partial charge in [-0.2, -0.15) is 0 Å². The summed E-state index contributed by atoms with van der Waals surface area (Å²) in [5.41, 5.74) is 3.17. The Morgan fingerprint density at radius 3 is 2.15 bits per heavy atom. The van der Waals surface area contributed by atoms with Gasteiger partial charge in [0.1, 0.15) is 12.1 Å². The van der Waals surface area contributed by atoms with E-state index in [4.69, 9.17) is 9.47 Å². The van der Waals surface area contributed by atoms with Crippen molar-refractivity contribution in [2.75, 3.05) is 20.3 Å². The van der Waals surface area contributed by atoms with Crippen molar-refractivity contribution in [1.82, 2.24) is 10.6 Å². The monoisotopic (exact) mass is 452 g/mol. The molecule has 2 aromatic carbocycles. The van der Waals surface area contributed by atoms with Crippen LogP contribution in [0.15, 0.2) is 48.5 Å². The Morgan fingerprint density at radius 1 is 1.06 bits per heavy atom. The van der Waals surface area contributed by atoms with E-state index in [1.807, 2.05) is 36.4 Å². The number of carboxylic acid groups (broad SMARTS) is 1. The maximum Gasteiger partial charge on any atom is 0.408 e. The van der Waals surface area contributed by atoms with E-state index in [1.54, 1.807) is 6.92 Å². The number of amides is 2. The molecular weight excluding hydrogens is 424 g/mol. The van der Waals surface area contributed by atoms with Crippen LogP contribution in [-0.2, 0) is 19.1 Å². The number of nitrogens with one attached hydrogen (secondary N) is 2. The van der Waals surface area contributed by atoms with E-state index in [0.29, 0.717) is 0 Å². The van der Waals surface area contributed by atoms with E-state index in [0.717, 1.165) is 35.1 Å². The second-order valence-corrected chi connectivity index (χ2v) is 8.75. The number of rotatable bonds is 9. The summed E-state index contributed by atoms with van der Waals surface area (Å²) in [4.78, 5) is 37.1. The SMILES string of the molecule is COCC(NC(=O)C(C)(NC(=O)OCC1c2ccccc2-c2ccccc21)C1CC1)C(=O)O. The molecule has 1 fully saturated rings. The number of carbonyl (C=O) groups is 3. The molecule has 4 rings (SSSR count). The molecule has 2 aliphatic carbocycles. The standard InChI is InChI=1S/C25H28N2O6/c1-25(15-11-12-15,23(30)26-21(14-32-2)22(28)29)27-24(31)33-13-20-18-9-5-3-7-16(18)17-8-4-6-10-19(17)20/h3-10,15,20-21H,11-14H2,1-2H3,(H,26,30)(H,27,31)(H,28,29). The molecule has 0 aliphatic heterocycles. The van der Waals surface area contributed by atoms with Crippen LogP contribution in [0.25, 0.3) is 11.1 Å². The molecule has 1 saturated carbocycles. The molecule has 0 bridgehead atoms. The number of fused-ring (bicyclic) bond motifs is 3. The first-order chi connectivity index (χ1) is 15.8. The lowest BCUT2D eigenvalue weighted by molar-refractivity contribution is -0.144. The lowest BCUT2D eigenvalue weighted by Crippen LogP contribution is -2.61. The van der Waals surface area contributed by atoms with Gasteiger partial charge in [-0.3, -0.25) is 4.79 Å². The molecule has 2 amide bonds. The van der Waals surface area contributed by atoms with Crippen LogP contribution in [0.4, 0.5) is 4.79 Å². The maximum absolute atomic E-state index is 13.0. The number of ether oxygens (including phenoxy) is 2. The Balaban J connectivity index is 1.44. The van der Waals surface area contributed by atoms with Crippen molar-refractivity contribution in [2.45, 2.75) is 37.3 Å². The van der Waals surface area contributed by atoms with Crippen LogP contribution < -0.4 is 10.6 Å². The van der Waals surface area contributed by atoms with Crippen LogP contribution >= 0.6 is 0 Å². The molecule has 0 radical (unpaired) electrons. The molecule has 0 heterocycles. The first-order valence-corrected chi connectivity index (χ1v) is 11.0. The van der Waals surface area contributed by atoms with Crippen LogP contribution in [-0.4, -0.2) is 55.0 Å². The average Bonchev–Trinajstić information content (AvgIpc) is 3.61. The summed E-state index contributed by atoms with van der Waals surface area (Å²) in [5, 5.41) is 14.5. The molecule has 2 aromatic rings. The predicted octanol–water partition coefficient (Wildman–Crippen LogP) is 2.91. The van der Waals surface area contributed by atoms with Crippen molar-refractivity contribution in [3.8, 4) is 11.1 Å². The first kappa shape index (κ1) is 22.8. The van der Waals surface area contributed by atoms with Gasteiger partial charge in [0.2, 0.25) is 5.91 Å². The van der Waals surface area contributed by atoms with Crippen molar-refractivity contribution in [1.29, 1.82) is 0 Å². The van der Waals surface area contributed by atoms with Gasteiger partial charge in [0.25, 0.3) is 0 Å². The minimum Gasteiger partial charge on any atom is -0.480 e. The Kier molecular flexibility index (Phi) is 6.37. The summed E-state index contributed by atoms with van der Waals surface area (Å²) < 4.78 is 10.5. The van der Waals surface area contributed by atoms with Gasteiger partial charge in [-0.15, -0.1) is 0 Å². The minimum atomic E-state index is -1.27. The fourth-order valence-corrected chi connectivity index (χ4v) is 4.50. The zero-order chi connectivity index (χ0) is 23.6. The summed E-state index contributed by atoms with van der Waals surface area (Å²) in [6.07, 6.45) is 0.811. The minimum absolute atomic E-state index is 0.0880. The second kappa shape index (κ2) is 9.23. The average molecular weight is 453 g/mol. The predicted molar refractivity (Wildman–Crippen MR) is 121 cm³/mol. The summed E-state index contributed by atoms with van der Waals surface area (Å²) in [6.45, 7) is 1.56. The van der Waals surface area contributed by atoms with Gasteiger partial charge in [0, 0.05) is 13.0 Å². The molecule has 33 heavy (non-hydrogen) atoms. The van der Waals surface area contributed by atoms with Crippen molar-refractivity contribution >= 4 is 18.0 Å². The molecule has 0 aromatic heterocycles. The summed E-state index contributed by atoms with van der Waals surface area (Å²) in [6, 6.07) is 14.9. The van der Waals surface area contributed by atoms with Crippen molar-refractivity contribution in [3.05, 3.63) is 59.7 Å². The van der Waals surface area contributed by atoms with Crippen LogP contribution in [0.3, 0.4) is 0 Å². The van der Waals surface area contributed by atoms with E-state index in [2.05, 4.69) is 22.8 Å². The lowest BCUT2D eigenvalue weighted by Gasteiger charge is -2.30. The zero-order valence-corrected chi connectivity index (χ0v) is 18.7. The fraction of sp³-hybridized carbons (Fsp3) is 0.400. The molecule has 2 aliphatic rings. The van der Waals surface area contributed by atoms with Gasteiger partial charge in [0.05, 0.1) is 6.61 Å². The maximum atomic E-state index is 13.0. The van der Waals surface area contributed by atoms with E-state index in [-0.39, 0.29) is 25.0 Å². The molecule has 8 heteroatoms. The Morgan fingerprint density at radius 2 is 1.64 bits per heavy atom. The highest BCUT2D eigenvalue weighted by Crippen LogP contribution is 2.44. The third-order valence-corrected chi connectivity index (χ3v) is 6.51.